The van der Waals surface area contributed by atoms with Gasteiger partial charge in [0.15, 0.2) is 18.9 Å². The largest absolute Gasteiger partial charge is 0.394 e. The van der Waals surface area contributed by atoms with Crippen LogP contribution in [0.15, 0.2) is 134 Å². The number of carbonyl (C=O) groups excluding carboxylic acids is 1. The molecule has 3 saturated heterocycles. The Hall–Kier alpha value is -4.07. The van der Waals surface area contributed by atoms with Crippen LogP contribution in [0.25, 0.3) is 0 Å². The lowest BCUT2D eigenvalue weighted by Crippen LogP contribution is -2.66. The van der Waals surface area contributed by atoms with E-state index in [1.165, 1.54) is 148 Å². The van der Waals surface area contributed by atoms with Crippen molar-refractivity contribution in [3.05, 3.63) is 134 Å². The van der Waals surface area contributed by atoms with Gasteiger partial charge in [0.25, 0.3) is 0 Å². The lowest BCUT2D eigenvalue weighted by atomic mass is 9.96. The lowest BCUT2D eigenvalue weighted by molar-refractivity contribution is -0.379. The van der Waals surface area contributed by atoms with Crippen molar-refractivity contribution in [3.8, 4) is 0 Å². The summed E-state index contributed by atoms with van der Waals surface area (Å²) in [6, 6.07) is -1.000. The Morgan fingerprint density at radius 1 is 0.343 bits per heavy atom. The SMILES string of the molecule is CC/C=C\C/C=C\C/C=C\C/C=C\C/C=C\C/C=C\C/C=C\C/C=C\C/C=C\CCCCCCCCCCCCCCCC(=O)NC(COC1OC(CO)C(OC2OC(CO)C(OC3OC(CO)C(O)C(O)C3O)C(O)C2O)C(O)C1O)C(O)/C=C/CC/C=C/CCCCCCCCCCCCCCCCCC. The summed E-state index contributed by atoms with van der Waals surface area (Å²) in [5.74, 6) is -0.289. The van der Waals surface area contributed by atoms with Gasteiger partial charge in [-0.3, -0.25) is 4.79 Å². The summed E-state index contributed by atoms with van der Waals surface area (Å²) < 4.78 is 34.4. The minimum absolute atomic E-state index is 0.227. The van der Waals surface area contributed by atoms with Crippen LogP contribution in [-0.2, 0) is 33.2 Å². The van der Waals surface area contributed by atoms with E-state index in [2.05, 4.69) is 141 Å². The highest BCUT2D eigenvalue weighted by Gasteiger charge is 2.54. The van der Waals surface area contributed by atoms with Crippen LogP contribution in [0.5, 0.6) is 0 Å². The zero-order valence-electron chi connectivity index (χ0n) is 66.5. The molecule has 17 unspecified atom stereocenters. The fraction of sp³-hybridized carbons (Fsp3) is 0.742. The van der Waals surface area contributed by atoms with E-state index in [4.69, 9.17) is 28.4 Å². The standard InChI is InChI=1S/C89H151NO18/c1-3-5-7-9-11-13-15-17-19-21-23-25-27-28-29-30-31-32-33-34-35-36-37-38-39-40-41-42-43-44-45-47-49-51-53-55-57-59-61-63-65-67-77(95)90-72(73(94)66-64-62-60-58-56-54-52-50-48-46-26-24-22-20-18-16-14-12-10-8-6-4-2)71-103-87-83(101)80(98)85(75(69-92)105-87)108-89-84(102)81(99)86(76(70-93)106-89)107-88-82(100)79(97)78(96)74(68-91)104-88/h5,7,11,13,17,19,23,25,28-29,31-32,34-35,37-38,40-41,56,58,64,66,72-76,78-89,91-94,96-102H,3-4,6,8-10,12,14-16,18,20-22,24,26-27,30,33,36,39,42-55,57,59-63,65,67-71H2,1-2H3,(H,90,95)/b7-5-,13-11-,19-17-,25-23-,29-28-,32-31-,35-34-,38-37-,41-40-,58-56+,66-64+. The van der Waals surface area contributed by atoms with Crippen LogP contribution in [0.4, 0.5) is 0 Å². The van der Waals surface area contributed by atoms with Gasteiger partial charge in [-0.05, 0) is 103 Å². The van der Waals surface area contributed by atoms with Crippen LogP contribution in [0.2, 0.25) is 0 Å². The number of amides is 1. The zero-order chi connectivity index (χ0) is 78.1. The van der Waals surface area contributed by atoms with Gasteiger partial charge in [0.05, 0.1) is 38.6 Å². The van der Waals surface area contributed by atoms with Crippen LogP contribution < -0.4 is 5.32 Å². The third-order valence-electron chi connectivity index (χ3n) is 20.2. The second-order valence-corrected chi connectivity index (χ2v) is 29.6. The highest BCUT2D eigenvalue weighted by atomic mass is 16.8. The second kappa shape index (κ2) is 67.4. The van der Waals surface area contributed by atoms with Crippen molar-refractivity contribution >= 4 is 5.91 Å². The predicted molar refractivity (Wildman–Crippen MR) is 433 cm³/mol. The normalized spacial score (nSPS) is 26.1. The van der Waals surface area contributed by atoms with Crippen molar-refractivity contribution < 1.29 is 89.4 Å². The molecule has 108 heavy (non-hydrogen) atoms. The van der Waals surface area contributed by atoms with Gasteiger partial charge in [-0.25, -0.2) is 0 Å². The molecule has 3 aliphatic heterocycles. The Kier molecular flexibility index (Phi) is 61.3. The molecule has 3 rings (SSSR count). The number of carbonyl (C=O) groups is 1. The first kappa shape index (κ1) is 98.1. The average Bonchev–Trinajstić information content (AvgIpc) is 0.787. The molecule has 0 aromatic rings. The van der Waals surface area contributed by atoms with Gasteiger partial charge >= 0.3 is 0 Å². The number of hydrogen-bond donors (Lipinski definition) is 12. The Bertz CT molecular complexity index is 2470. The van der Waals surface area contributed by atoms with Gasteiger partial charge in [0, 0.05) is 6.42 Å². The number of nitrogens with one attached hydrogen (secondary N) is 1. The van der Waals surface area contributed by atoms with E-state index >= 15 is 0 Å². The molecule has 0 aliphatic carbocycles. The Morgan fingerprint density at radius 2 is 0.648 bits per heavy atom. The predicted octanol–water partition coefficient (Wildman–Crippen LogP) is 15.2. The summed E-state index contributed by atoms with van der Waals surface area (Å²) in [6.07, 6.45) is 70.1. The maximum Gasteiger partial charge on any atom is 0.220 e. The molecule has 19 heteroatoms. The molecule has 3 aliphatic rings. The molecule has 12 N–H and O–H groups in total. The molecule has 17 atom stereocenters. The summed E-state index contributed by atoms with van der Waals surface area (Å²) >= 11 is 0. The first-order chi connectivity index (χ1) is 52.8. The lowest BCUT2D eigenvalue weighted by Gasteiger charge is -2.48. The fourth-order valence-electron chi connectivity index (χ4n) is 13.4. The smallest absolute Gasteiger partial charge is 0.220 e. The van der Waals surface area contributed by atoms with Gasteiger partial charge in [-0.2, -0.15) is 0 Å². The number of allylic oxidation sites excluding steroid dienone is 21. The molecule has 0 saturated carbocycles. The van der Waals surface area contributed by atoms with E-state index in [-0.39, 0.29) is 18.9 Å². The van der Waals surface area contributed by atoms with Crippen molar-refractivity contribution in [2.45, 2.75) is 394 Å². The van der Waals surface area contributed by atoms with Crippen LogP contribution in [-0.4, -0.2) is 193 Å². The molecule has 0 aromatic heterocycles. The van der Waals surface area contributed by atoms with Crippen molar-refractivity contribution in [2.75, 3.05) is 26.4 Å². The number of ether oxygens (including phenoxy) is 6. The second-order valence-electron chi connectivity index (χ2n) is 29.6. The third-order valence-corrected chi connectivity index (χ3v) is 20.2. The summed E-state index contributed by atoms with van der Waals surface area (Å²) in [5.41, 5.74) is 0. The van der Waals surface area contributed by atoms with Gasteiger partial charge in [0.2, 0.25) is 5.91 Å². The number of aliphatic hydroxyl groups is 11. The van der Waals surface area contributed by atoms with Crippen molar-refractivity contribution in [1.29, 1.82) is 0 Å². The summed E-state index contributed by atoms with van der Waals surface area (Å²) in [6.45, 7) is 1.62. The molecule has 0 aromatic carbocycles. The number of unbranched alkanes of at least 4 members (excludes halogenated alkanes) is 30. The van der Waals surface area contributed by atoms with Crippen molar-refractivity contribution in [2.24, 2.45) is 0 Å². The molecule has 19 nitrogen and oxygen atoms in total. The quantitative estimate of drug-likeness (QED) is 0.0199. The third kappa shape index (κ3) is 46.2. The number of hydrogen-bond acceptors (Lipinski definition) is 18. The van der Waals surface area contributed by atoms with Crippen LogP contribution in [0.3, 0.4) is 0 Å². The number of rotatable bonds is 66. The minimum Gasteiger partial charge on any atom is -0.394 e. The molecule has 1 amide bonds. The van der Waals surface area contributed by atoms with E-state index in [1.54, 1.807) is 6.08 Å². The van der Waals surface area contributed by atoms with Crippen LogP contribution in [0.1, 0.15) is 290 Å². The molecular formula is C89H151NO18. The molecular weight excluding hydrogens is 1370 g/mol. The van der Waals surface area contributed by atoms with E-state index in [9.17, 15) is 61.0 Å². The number of aliphatic hydroxyl groups excluding tert-OH is 11. The maximum absolute atomic E-state index is 13.5. The summed E-state index contributed by atoms with van der Waals surface area (Å²) in [5, 5.41) is 121. The van der Waals surface area contributed by atoms with Crippen molar-refractivity contribution in [3.63, 3.8) is 0 Å². The Morgan fingerprint density at radius 3 is 1.04 bits per heavy atom. The topological polar surface area (TPSA) is 307 Å². The Labute approximate surface area is 651 Å². The van der Waals surface area contributed by atoms with E-state index in [0.717, 1.165) is 109 Å². The van der Waals surface area contributed by atoms with Gasteiger partial charge < -0.3 is 89.9 Å². The maximum atomic E-state index is 13.5. The van der Waals surface area contributed by atoms with E-state index in [0.29, 0.717) is 12.8 Å². The summed E-state index contributed by atoms with van der Waals surface area (Å²) in [4.78, 5) is 13.5. The van der Waals surface area contributed by atoms with Gasteiger partial charge in [-0.15, -0.1) is 0 Å². The molecule has 0 spiro atoms. The average molecular weight is 1520 g/mol. The zero-order valence-corrected chi connectivity index (χ0v) is 66.5. The first-order valence-corrected chi connectivity index (χ1v) is 42.4. The highest BCUT2D eigenvalue weighted by Crippen LogP contribution is 2.33. The minimum atomic E-state index is -1.99. The highest BCUT2D eigenvalue weighted by molar-refractivity contribution is 5.76. The van der Waals surface area contributed by atoms with Crippen LogP contribution >= 0.6 is 0 Å². The first-order valence-electron chi connectivity index (χ1n) is 42.4. The van der Waals surface area contributed by atoms with E-state index in [1.807, 2.05) is 6.08 Å². The molecule has 0 bridgehead atoms. The van der Waals surface area contributed by atoms with Gasteiger partial charge in [-0.1, -0.05) is 314 Å². The van der Waals surface area contributed by atoms with Gasteiger partial charge in [0.1, 0.15) is 73.2 Å². The molecule has 0 radical (unpaired) electrons. The monoisotopic (exact) mass is 1520 g/mol. The fourth-order valence-corrected chi connectivity index (χ4v) is 13.4. The molecule has 3 fully saturated rings. The van der Waals surface area contributed by atoms with Crippen molar-refractivity contribution in [1.82, 2.24) is 5.32 Å². The molecule has 620 valence electrons. The van der Waals surface area contributed by atoms with Crippen LogP contribution in [0, 0.1) is 0 Å². The molecule has 3 heterocycles. The summed E-state index contributed by atoms with van der Waals surface area (Å²) in [7, 11) is 0. The van der Waals surface area contributed by atoms with E-state index < -0.39 is 124 Å². The Balaban J connectivity index is 1.34.